The highest BCUT2D eigenvalue weighted by Crippen LogP contribution is 2.34. The normalized spacial score (nSPS) is 12.7. The zero-order valence-electron chi connectivity index (χ0n) is 16.3. The van der Waals surface area contributed by atoms with Gasteiger partial charge in [0.05, 0.1) is 11.3 Å². The molecule has 0 spiro atoms. The first kappa shape index (κ1) is 22.8. The van der Waals surface area contributed by atoms with E-state index in [1.165, 1.54) is 12.1 Å². The number of carbonyl (C=O) groups excluding carboxylic acids is 1. The number of H-pyrrole nitrogens is 1. The average molecular weight is 460 g/mol. The number of aromatic amines is 1. The smallest absolute Gasteiger partial charge is 0.351 e. The Morgan fingerprint density at radius 1 is 1.09 bits per heavy atom. The molecule has 1 amide bonds. The highest BCUT2D eigenvalue weighted by Gasteiger charge is 2.36. The number of hydrogen-bond donors (Lipinski definition) is 3. The van der Waals surface area contributed by atoms with Gasteiger partial charge in [-0.1, -0.05) is 11.2 Å². The maximum atomic E-state index is 13.0. The predicted octanol–water partition coefficient (Wildman–Crippen LogP) is 4.58. The molecule has 32 heavy (non-hydrogen) atoms. The van der Waals surface area contributed by atoms with E-state index in [0.29, 0.717) is 5.69 Å². The number of hydrogen-bond acceptors (Lipinski definition) is 5. The number of nitrogens with zero attached hydrogens (tertiary/aromatic N) is 3. The van der Waals surface area contributed by atoms with E-state index in [1.807, 2.05) is 0 Å². The van der Waals surface area contributed by atoms with Gasteiger partial charge in [0, 0.05) is 17.3 Å². The first-order valence-corrected chi connectivity index (χ1v) is 8.74. The topological polar surface area (TPSA) is 108 Å². The quantitative estimate of drug-likeness (QED) is 0.301. The molecule has 1 aromatic carbocycles. The van der Waals surface area contributed by atoms with Gasteiger partial charge < -0.3 is 9.84 Å². The van der Waals surface area contributed by atoms with Crippen molar-refractivity contribution in [3.05, 3.63) is 58.6 Å². The number of guanidine groups is 1. The van der Waals surface area contributed by atoms with Crippen molar-refractivity contribution in [2.24, 2.45) is 4.99 Å². The summed E-state index contributed by atoms with van der Waals surface area (Å²) in [4.78, 5) is 16.2. The Balaban J connectivity index is 1.97. The maximum absolute atomic E-state index is 13.0. The van der Waals surface area contributed by atoms with Crippen LogP contribution in [0, 0.1) is 13.8 Å². The molecule has 2 heterocycles. The molecule has 3 rings (SSSR count). The lowest BCUT2D eigenvalue weighted by Gasteiger charge is -2.13. The highest BCUT2D eigenvalue weighted by atomic mass is 19.4. The van der Waals surface area contributed by atoms with Gasteiger partial charge >= 0.3 is 12.4 Å². The first-order valence-electron chi connectivity index (χ1n) is 8.74. The minimum atomic E-state index is -4.74. The molecule has 8 nitrogen and oxygen atoms in total. The summed E-state index contributed by atoms with van der Waals surface area (Å²) in [5.41, 5.74) is -2.30. The Bertz CT molecular complexity index is 1160. The monoisotopic (exact) mass is 460 g/mol. The van der Waals surface area contributed by atoms with E-state index in [0.717, 1.165) is 25.1 Å². The molecule has 0 unspecified atom stereocenters. The van der Waals surface area contributed by atoms with Crippen LogP contribution in [0.25, 0.3) is 0 Å². The van der Waals surface area contributed by atoms with E-state index in [4.69, 9.17) is 4.52 Å². The maximum Gasteiger partial charge on any atom is 0.433 e. The SMILES string of the molecule is Cc1cc(C(=O)NC(=Nc2n[nH]c(C(F)(F)F)c2C)Nc2cccc(C(F)(F)F)c2)on1. The van der Waals surface area contributed by atoms with Gasteiger partial charge in [-0.05, 0) is 32.0 Å². The van der Waals surface area contributed by atoms with Gasteiger partial charge in [0.2, 0.25) is 11.7 Å². The van der Waals surface area contributed by atoms with Gasteiger partial charge in [0.25, 0.3) is 5.91 Å². The summed E-state index contributed by atoms with van der Waals surface area (Å²) in [5, 5.41) is 13.5. The average Bonchev–Trinajstić information content (AvgIpc) is 3.27. The zero-order valence-corrected chi connectivity index (χ0v) is 16.3. The van der Waals surface area contributed by atoms with E-state index in [-0.39, 0.29) is 17.0 Å². The van der Waals surface area contributed by atoms with E-state index < -0.39 is 41.3 Å². The van der Waals surface area contributed by atoms with Crippen LogP contribution in [-0.4, -0.2) is 27.2 Å². The lowest BCUT2D eigenvalue weighted by atomic mass is 10.2. The number of halogens is 6. The van der Waals surface area contributed by atoms with Gasteiger partial charge in [0.1, 0.15) is 5.69 Å². The number of anilines is 1. The fourth-order valence-corrected chi connectivity index (χ4v) is 2.52. The van der Waals surface area contributed by atoms with Crippen molar-refractivity contribution in [3.8, 4) is 0 Å². The third kappa shape index (κ3) is 5.25. The zero-order chi connectivity index (χ0) is 23.7. The first-order chi connectivity index (χ1) is 14.8. The minimum Gasteiger partial charge on any atom is -0.351 e. The summed E-state index contributed by atoms with van der Waals surface area (Å²) in [6, 6.07) is 5.18. The Morgan fingerprint density at radius 2 is 1.81 bits per heavy atom. The number of aliphatic imine (C=N–C) groups is 1. The molecule has 0 aliphatic rings. The van der Waals surface area contributed by atoms with Crippen LogP contribution in [0.4, 0.5) is 37.8 Å². The lowest BCUT2D eigenvalue weighted by Crippen LogP contribution is -2.35. The molecule has 0 bridgehead atoms. The van der Waals surface area contributed by atoms with Crippen molar-refractivity contribution in [1.82, 2.24) is 20.7 Å². The Labute approximate surface area is 175 Å². The van der Waals surface area contributed by atoms with Crippen LogP contribution in [0.2, 0.25) is 0 Å². The van der Waals surface area contributed by atoms with Crippen LogP contribution < -0.4 is 10.6 Å². The summed E-state index contributed by atoms with van der Waals surface area (Å²) >= 11 is 0. The van der Waals surface area contributed by atoms with Crippen LogP contribution in [0.3, 0.4) is 0 Å². The van der Waals surface area contributed by atoms with Crippen molar-refractivity contribution in [2.75, 3.05) is 5.32 Å². The molecule has 3 N–H and O–H groups in total. The largest absolute Gasteiger partial charge is 0.433 e. The molecule has 14 heteroatoms. The summed E-state index contributed by atoms with van der Waals surface area (Å²) in [5.74, 6) is -2.09. The Kier molecular flexibility index (Phi) is 5.96. The Hall–Kier alpha value is -3.84. The lowest BCUT2D eigenvalue weighted by molar-refractivity contribution is -0.141. The molecule has 170 valence electrons. The molecule has 0 aliphatic heterocycles. The number of aromatic nitrogens is 3. The molecule has 0 fully saturated rings. The second kappa shape index (κ2) is 8.36. The van der Waals surface area contributed by atoms with E-state index in [2.05, 4.69) is 25.9 Å². The third-order valence-electron chi connectivity index (χ3n) is 4.02. The fourth-order valence-electron chi connectivity index (χ4n) is 2.52. The van der Waals surface area contributed by atoms with Crippen molar-refractivity contribution < 1.29 is 35.7 Å². The van der Waals surface area contributed by atoms with Crippen molar-refractivity contribution in [1.29, 1.82) is 0 Å². The number of alkyl halides is 6. The molecule has 0 atom stereocenters. The summed E-state index contributed by atoms with van der Waals surface area (Å²) < 4.78 is 82.8. The molecule has 2 aromatic heterocycles. The van der Waals surface area contributed by atoms with Crippen LogP contribution in [-0.2, 0) is 12.4 Å². The fraction of sp³-hybridized carbons (Fsp3) is 0.222. The number of rotatable bonds is 3. The molecular formula is C18H14F6N6O2. The van der Waals surface area contributed by atoms with Crippen molar-refractivity contribution >= 4 is 23.4 Å². The third-order valence-corrected chi connectivity index (χ3v) is 4.02. The minimum absolute atomic E-state index is 0.142. The van der Waals surface area contributed by atoms with Gasteiger partial charge in [0.15, 0.2) is 5.82 Å². The van der Waals surface area contributed by atoms with Gasteiger partial charge in [-0.3, -0.25) is 15.2 Å². The number of carbonyl (C=O) groups is 1. The number of benzene rings is 1. The molecule has 3 aromatic rings. The molecule has 0 saturated heterocycles. The number of amides is 1. The second-order valence-electron chi connectivity index (χ2n) is 6.50. The highest BCUT2D eigenvalue weighted by molar-refractivity contribution is 6.09. The van der Waals surface area contributed by atoms with Crippen LogP contribution >= 0.6 is 0 Å². The number of aryl methyl sites for hydroxylation is 1. The van der Waals surface area contributed by atoms with Gasteiger partial charge in [-0.25, -0.2) is 0 Å². The van der Waals surface area contributed by atoms with Gasteiger partial charge in [-0.2, -0.15) is 36.4 Å². The molecular weight excluding hydrogens is 446 g/mol. The Morgan fingerprint density at radius 3 is 2.38 bits per heavy atom. The standard InChI is InChI=1S/C18H14F6N6O2/c1-8-6-12(32-30-8)15(31)27-16(25-11-5-3-4-10(7-11)17(19,20)21)26-14-9(2)13(28-29-14)18(22,23)24/h3-7H,1-2H3,(H3,25,26,27,28,29,31). The van der Waals surface area contributed by atoms with Crippen LogP contribution in [0.15, 0.2) is 39.8 Å². The second-order valence-corrected chi connectivity index (χ2v) is 6.50. The van der Waals surface area contributed by atoms with E-state index in [9.17, 15) is 31.1 Å². The predicted molar refractivity (Wildman–Crippen MR) is 99.2 cm³/mol. The van der Waals surface area contributed by atoms with Crippen molar-refractivity contribution in [2.45, 2.75) is 26.2 Å². The summed E-state index contributed by atoms with van der Waals surface area (Å²) in [7, 11) is 0. The van der Waals surface area contributed by atoms with E-state index in [1.54, 1.807) is 12.0 Å². The molecule has 0 saturated carbocycles. The number of nitrogens with one attached hydrogen (secondary N) is 3. The van der Waals surface area contributed by atoms with E-state index >= 15 is 0 Å². The van der Waals surface area contributed by atoms with Crippen LogP contribution in [0.1, 0.15) is 33.1 Å². The van der Waals surface area contributed by atoms with Crippen molar-refractivity contribution in [3.63, 3.8) is 0 Å². The molecule has 0 radical (unpaired) electrons. The summed E-state index contributed by atoms with van der Waals surface area (Å²) in [6.45, 7) is 2.64. The van der Waals surface area contributed by atoms with Crippen LogP contribution in [0.5, 0.6) is 0 Å². The molecule has 0 aliphatic carbocycles. The van der Waals surface area contributed by atoms with Gasteiger partial charge in [-0.15, -0.1) is 0 Å². The summed E-state index contributed by atoms with van der Waals surface area (Å²) in [6.07, 6.45) is -9.38.